The van der Waals surface area contributed by atoms with Gasteiger partial charge in [-0.1, -0.05) is 18.1 Å². The van der Waals surface area contributed by atoms with Crippen molar-refractivity contribution in [1.82, 2.24) is 39.1 Å². The van der Waals surface area contributed by atoms with Gasteiger partial charge in [-0.2, -0.15) is 44.9 Å². The Hall–Kier alpha value is -5.56. The monoisotopic (exact) mass is 901 g/mol. The van der Waals surface area contributed by atoms with Gasteiger partial charge in [0, 0.05) is 67.3 Å². The van der Waals surface area contributed by atoms with Crippen LogP contribution in [0.1, 0.15) is 72.6 Å². The van der Waals surface area contributed by atoms with Crippen LogP contribution in [0.2, 0.25) is 0 Å². The molecule has 3 aromatic heterocycles. The number of hydrogen-bond donors (Lipinski definition) is 3. The highest BCUT2D eigenvalue weighted by atomic mass is 32.2. The Morgan fingerprint density at radius 2 is 1.68 bits per heavy atom. The van der Waals surface area contributed by atoms with Crippen LogP contribution in [0.3, 0.4) is 0 Å². The first-order chi connectivity index (χ1) is 29.5. The maximum absolute atomic E-state index is 15.7. The molecule has 3 atom stereocenters. The highest BCUT2D eigenvalue weighted by molar-refractivity contribution is 7.90. The molecule has 5 aromatic rings. The van der Waals surface area contributed by atoms with E-state index in [4.69, 9.17) is 4.98 Å². The molecule has 63 heavy (non-hydrogen) atoms. The van der Waals surface area contributed by atoms with Crippen molar-refractivity contribution < 1.29 is 49.1 Å². The van der Waals surface area contributed by atoms with Crippen molar-refractivity contribution in [3.63, 3.8) is 0 Å². The van der Waals surface area contributed by atoms with Crippen LogP contribution in [0.4, 0.5) is 36.6 Å². The average Bonchev–Trinajstić information content (AvgIpc) is 3.74. The quantitative estimate of drug-likeness (QED) is 0.117. The van der Waals surface area contributed by atoms with Crippen LogP contribution in [0, 0.1) is 29.4 Å². The number of aliphatic hydroxyl groups is 1. The van der Waals surface area contributed by atoms with Crippen LogP contribution < -0.4 is 10.0 Å². The minimum atomic E-state index is -5.09. The van der Waals surface area contributed by atoms with Crippen molar-refractivity contribution >= 4 is 32.8 Å². The number of hydrogen-bond acceptors (Lipinski definition) is 8. The number of piperazine rings is 1. The lowest BCUT2D eigenvalue weighted by Crippen LogP contribution is -2.48. The molecule has 1 saturated heterocycles. The van der Waals surface area contributed by atoms with Gasteiger partial charge in [0.05, 0.1) is 17.3 Å². The van der Waals surface area contributed by atoms with E-state index in [9.17, 15) is 40.3 Å². The summed E-state index contributed by atoms with van der Waals surface area (Å²) in [5.41, 5.74) is -3.44. The summed E-state index contributed by atoms with van der Waals surface area (Å²) in [5.74, 6) is -3.71. The molecular formula is C42H42F7N9O4S. The summed E-state index contributed by atoms with van der Waals surface area (Å²) in [5, 5.41) is 21.4. The number of halogens is 7. The number of benzene rings is 2. The van der Waals surface area contributed by atoms with Gasteiger partial charge in [0.25, 0.3) is 5.92 Å². The van der Waals surface area contributed by atoms with Crippen LogP contribution in [0.25, 0.3) is 22.0 Å². The van der Waals surface area contributed by atoms with Crippen molar-refractivity contribution in [2.75, 3.05) is 37.9 Å². The molecule has 1 saturated carbocycles. The standard InChI is InChI=1S/C42H42F7N9O4S/c1-40(2,60)13-12-26-8-9-27(28-6-5-7-30-36(28)56(4)53-39(30)54-63(61,62)57-16-14-55(3)15-17-57)35(50-26)32(20-23-18-24(43)21-25(44)19-23)51-33(59)22-58-38-34(37(52-58)42(47,48)49)29-10-11-31(29)41(38,45)46/h5-9,18-19,21,29,31-32,60H,10-11,14-17,20,22H2,1-4H3,(H,51,59)(H,53,54)/t29-,31+,32-/m0/s1. The second-order valence-electron chi connectivity index (χ2n) is 16.7. The number of rotatable bonds is 10. The van der Waals surface area contributed by atoms with E-state index in [2.05, 4.69) is 32.1 Å². The fraction of sp³-hybridized carbons (Fsp3) is 0.429. The lowest BCUT2D eigenvalue weighted by atomic mass is 9.73. The molecule has 2 aromatic carbocycles. The molecule has 1 aliphatic heterocycles. The van der Waals surface area contributed by atoms with Crippen LogP contribution in [0.15, 0.2) is 48.5 Å². The third kappa shape index (κ3) is 8.60. The van der Waals surface area contributed by atoms with E-state index < -0.39 is 86.8 Å². The van der Waals surface area contributed by atoms with Gasteiger partial charge in [-0.05, 0) is 87.9 Å². The fourth-order valence-corrected chi connectivity index (χ4v) is 9.78. The third-order valence-electron chi connectivity index (χ3n) is 11.6. The highest BCUT2D eigenvalue weighted by Gasteiger charge is 2.63. The predicted molar refractivity (Wildman–Crippen MR) is 216 cm³/mol. The molecule has 3 aliphatic rings. The number of nitrogens with one attached hydrogen (secondary N) is 2. The molecule has 0 spiro atoms. The van der Waals surface area contributed by atoms with E-state index in [0.29, 0.717) is 40.3 Å². The van der Waals surface area contributed by atoms with E-state index in [1.165, 1.54) is 28.9 Å². The number of pyridine rings is 1. The first-order valence-corrected chi connectivity index (χ1v) is 21.4. The summed E-state index contributed by atoms with van der Waals surface area (Å²) in [7, 11) is -0.597. The number of carbonyl (C=O) groups is 1. The summed E-state index contributed by atoms with van der Waals surface area (Å²) in [6.45, 7) is 3.32. The van der Waals surface area contributed by atoms with Crippen molar-refractivity contribution in [3.05, 3.63) is 94.1 Å². The molecule has 8 rings (SSSR count). The molecule has 2 aliphatic carbocycles. The highest BCUT2D eigenvalue weighted by Crippen LogP contribution is 2.64. The maximum Gasteiger partial charge on any atom is 0.435 e. The molecule has 0 bridgehead atoms. The predicted octanol–water partition coefficient (Wildman–Crippen LogP) is 5.85. The number of aromatic nitrogens is 5. The lowest BCUT2D eigenvalue weighted by molar-refractivity contribution is -0.144. The van der Waals surface area contributed by atoms with Gasteiger partial charge in [0.15, 0.2) is 11.5 Å². The minimum Gasteiger partial charge on any atom is -0.378 e. The number of carbonyl (C=O) groups excluding carboxylic acids is 1. The van der Waals surface area contributed by atoms with Gasteiger partial charge < -0.3 is 15.3 Å². The zero-order chi connectivity index (χ0) is 45.4. The topological polar surface area (TPSA) is 151 Å². The molecule has 4 heterocycles. The molecule has 21 heteroatoms. The molecule has 334 valence electrons. The molecular weight excluding hydrogens is 860 g/mol. The number of likely N-dealkylation sites (N-methyl/N-ethyl adjacent to an activating group) is 1. The molecule has 1 amide bonds. The Balaban J connectivity index is 1.24. The Morgan fingerprint density at radius 3 is 2.32 bits per heavy atom. The second-order valence-corrected chi connectivity index (χ2v) is 18.4. The van der Waals surface area contributed by atoms with Crippen molar-refractivity contribution in [3.8, 4) is 23.0 Å². The van der Waals surface area contributed by atoms with E-state index in [0.717, 1.165) is 12.1 Å². The van der Waals surface area contributed by atoms with Crippen LogP contribution in [-0.4, -0.2) is 92.0 Å². The molecule has 3 N–H and O–H groups in total. The molecule has 0 unspecified atom stereocenters. The summed E-state index contributed by atoms with van der Waals surface area (Å²) in [6, 6.07) is 9.27. The van der Waals surface area contributed by atoms with Gasteiger partial charge >= 0.3 is 16.4 Å². The van der Waals surface area contributed by atoms with E-state index in [1.807, 2.05) is 11.9 Å². The maximum atomic E-state index is 15.7. The number of fused-ring (bicyclic) bond motifs is 4. The zero-order valence-electron chi connectivity index (χ0n) is 34.4. The van der Waals surface area contributed by atoms with Gasteiger partial charge in [0.2, 0.25) is 5.91 Å². The summed E-state index contributed by atoms with van der Waals surface area (Å²) in [6.07, 6.45) is -5.37. The number of para-hydroxylation sites is 1. The SMILES string of the molecule is CN1CCN(S(=O)(=O)Nc2nn(C)c3c(-c4ccc(C#CC(C)(C)O)nc4[C@H](Cc4cc(F)cc(F)c4)NC(=O)Cn4nc(C(F)(F)F)c5c4C(F)(F)[C@@H]4CC[C@H]54)cccc23)CC1. The number of alkyl halides is 5. The lowest BCUT2D eigenvalue weighted by Gasteiger charge is -2.34. The van der Waals surface area contributed by atoms with E-state index >= 15 is 8.78 Å². The number of aryl methyl sites for hydroxylation is 1. The Labute approximate surface area is 357 Å². The van der Waals surface area contributed by atoms with Crippen LogP contribution in [0.5, 0.6) is 0 Å². The summed E-state index contributed by atoms with van der Waals surface area (Å²) in [4.78, 5) is 20.8. The van der Waals surface area contributed by atoms with E-state index in [1.54, 1.807) is 31.3 Å². The Bertz CT molecular complexity index is 2780. The van der Waals surface area contributed by atoms with Gasteiger partial charge in [-0.15, -0.1) is 0 Å². The fourth-order valence-electron chi connectivity index (χ4n) is 8.61. The van der Waals surface area contributed by atoms with E-state index in [-0.39, 0.29) is 60.7 Å². The summed E-state index contributed by atoms with van der Waals surface area (Å²) < 4.78 is 136. The first-order valence-electron chi connectivity index (χ1n) is 20.0. The Morgan fingerprint density at radius 1 is 0.984 bits per heavy atom. The van der Waals surface area contributed by atoms with Crippen molar-refractivity contribution in [2.45, 2.75) is 69.3 Å². The number of nitrogens with zero attached hydrogens (tertiary/aromatic N) is 7. The molecule has 13 nitrogen and oxygen atoms in total. The first kappa shape index (κ1) is 44.1. The van der Waals surface area contributed by atoms with Gasteiger partial charge in [0.1, 0.15) is 35.2 Å². The average molecular weight is 902 g/mol. The zero-order valence-corrected chi connectivity index (χ0v) is 35.2. The third-order valence-corrected chi connectivity index (χ3v) is 13.1. The normalized spacial score (nSPS) is 19.5. The smallest absolute Gasteiger partial charge is 0.378 e. The molecule has 0 radical (unpaired) electrons. The van der Waals surface area contributed by atoms with Crippen molar-refractivity contribution in [2.24, 2.45) is 13.0 Å². The second kappa shape index (κ2) is 15.9. The largest absolute Gasteiger partial charge is 0.435 e. The number of amides is 1. The minimum absolute atomic E-state index is 0.00367. The molecule has 2 fully saturated rings. The van der Waals surface area contributed by atoms with Gasteiger partial charge in [-0.25, -0.2) is 13.8 Å². The Kier molecular flexibility index (Phi) is 11.1. The van der Waals surface area contributed by atoms with Crippen molar-refractivity contribution in [1.29, 1.82) is 0 Å². The summed E-state index contributed by atoms with van der Waals surface area (Å²) >= 11 is 0. The number of anilines is 1. The van der Waals surface area contributed by atoms with Crippen LogP contribution >= 0.6 is 0 Å². The van der Waals surface area contributed by atoms with Crippen LogP contribution in [-0.2, 0) is 47.1 Å². The van der Waals surface area contributed by atoms with Gasteiger partial charge in [-0.3, -0.25) is 18.9 Å².